The highest BCUT2D eigenvalue weighted by Gasteiger charge is 2.08. The summed E-state index contributed by atoms with van der Waals surface area (Å²) in [6.07, 6.45) is -0.0217. The molecule has 1 rings (SSSR count). The zero-order valence-electron chi connectivity index (χ0n) is 11.7. The van der Waals surface area contributed by atoms with Crippen molar-refractivity contribution in [3.05, 3.63) is 29.6 Å². The zero-order valence-corrected chi connectivity index (χ0v) is 11.7. The molecule has 0 aromatic heterocycles. The molecule has 0 heterocycles. The highest BCUT2D eigenvalue weighted by molar-refractivity contribution is 5.30. The van der Waals surface area contributed by atoms with Crippen LogP contribution in [0.2, 0.25) is 0 Å². The van der Waals surface area contributed by atoms with E-state index in [-0.39, 0.29) is 5.75 Å². The molecule has 2 nitrogen and oxygen atoms in total. The Morgan fingerprint density at radius 1 is 1.24 bits per heavy atom. The predicted molar refractivity (Wildman–Crippen MR) is 70.9 cm³/mol. The maximum absolute atomic E-state index is 13.1. The molecule has 1 aromatic rings. The van der Waals surface area contributed by atoms with Gasteiger partial charge in [0.1, 0.15) is 0 Å². The van der Waals surface area contributed by atoms with E-state index in [1.807, 2.05) is 34.6 Å². The van der Waals surface area contributed by atoms with Crippen LogP contribution in [-0.4, -0.2) is 12.2 Å². The molecule has 1 N–H and O–H groups in total. The zero-order chi connectivity index (χ0) is 13.8. The van der Waals surface area contributed by atoms with Crippen molar-refractivity contribution in [3.8, 4) is 5.75 Å². The van der Waals surface area contributed by atoms with Gasteiger partial charge in [0.05, 0.1) is 13.2 Å². The summed E-state index contributed by atoms with van der Waals surface area (Å²) in [5.74, 6) is -0.237. The molecule has 0 radical (unpaired) electrons. The molecule has 0 saturated carbocycles. The molecule has 100 valence electrons. The standard InChI is InChI=1S/C10H13FO2.2C2H6/c1-3-9(12)7-4-5-10(13-2)8(11)6-7;2*1-2/h4-6,9,12H,3H2,1-2H3;2*1-2H3. The van der Waals surface area contributed by atoms with Crippen LogP contribution < -0.4 is 4.74 Å². The number of aliphatic hydroxyl groups excluding tert-OH is 1. The van der Waals surface area contributed by atoms with Gasteiger partial charge in [-0.3, -0.25) is 0 Å². The molecule has 3 heteroatoms. The monoisotopic (exact) mass is 244 g/mol. The van der Waals surface area contributed by atoms with Gasteiger partial charge in [-0.25, -0.2) is 4.39 Å². The second-order valence-electron chi connectivity index (χ2n) is 2.82. The maximum atomic E-state index is 13.1. The smallest absolute Gasteiger partial charge is 0.165 e. The van der Waals surface area contributed by atoms with Crippen molar-refractivity contribution in [2.45, 2.75) is 47.1 Å². The van der Waals surface area contributed by atoms with E-state index >= 15 is 0 Å². The molecular weight excluding hydrogens is 219 g/mol. The van der Waals surface area contributed by atoms with E-state index in [9.17, 15) is 9.50 Å². The van der Waals surface area contributed by atoms with Crippen LogP contribution in [0.5, 0.6) is 5.75 Å². The average Bonchev–Trinajstić information content (AvgIpc) is 2.42. The van der Waals surface area contributed by atoms with E-state index in [0.29, 0.717) is 12.0 Å². The summed E-state index contributed by atoms with van der Waals surface area (Å²) in [6, 6.07) is 4.48. The lowest BCUT2D eigenvalue weighted by atomic mass is 10.1. The number of hydrogen-bond acceptors (Lipinski definition) is 2. The Morgan fingerprint density at radius 3 is 2.12 bits per heavy atom. The highest BCUT2D eigenvalue weighted by Crippen LogP contribution is 2.22. The number of ether oxygens (including phenoxy) is 1. The Hall–Kier alpha value is -1.09. The summed E-state index contributed by atoms with van der Waals surface area (Å²) in [5.41, 5.74) is 0.584. The van der Waals surface area contributed by atoms with Gasteiger partial charge in [-0.05, 0) is 24.1 Å². The highest BCUT2D eigenvalue weighted by atomic mass is 19.1. The Kier molecular flexibility index (Phi) is 12.3. The Balaban J connectivity index is 0. The summed E-state index contributed by atoms with van der Waals surface area (Å²) < 4.78 is 17.9. The third kappa shape index (κ3) is 6.27. The molecule has 1 aromatic carbocycles. The van der Waals surface area contributed by atoms with E-state index in [4.69, 9.17) is 4.74 Å². The lowest BCUT2D eigenvalue weighted by Crippen LogP contribution is -1.97. The van der Waals surface area contributed by atoms with Gasteiger partial charge >= 0.3 is 0 Å². The second kappa shape index (κ2) is 11.4. The van der Waals surface area contributed by atoms with Crippen LogP contribution in [0.3, 0.4) is 0 Å². The lowest BCUT2D eigenvalue weighted by Gasteiger charge is -2.09. The molecular formula is C14H25FO2. The largest absolute Gasteiger partial charge is 0.494 e. The van der Waals surface area contributed by atoms with Crippen LogP contribution in [-0.2, 0) is 0 Å². The van der Waals surface area contributed by atoms with Gasteiger partial charge in [0.15, 0.2) is 11.6 Å². The van der Waals surface area contributed by atoms with Gasteiger partial charge < -0.3 is 9.84 Å². The van der Waals surface area contributed by atoms with Gasteiger partial charge in [0, 0.05) is 0 Å². The molecule has 0 bridgehead atoms. The van der Waals surface area contributed by atoms with Gasteiger partial charge in [-0.2, -0.15) is 0 Å². The van der Waals surface area contributed by atoms with E-state index in [1.54, 1.807) is 6.07 Å². The van der Waals surface area contributed by atoms with Gasteiger partial charge in [0.25, 0.3) is 0 Å². The third-order valence-corrected chi connectivity index (χ3v) is 1.95. The number of benzene rings is 1. The number of halogens is 1. The number of rotatable bonds is 3. The Morgan fingerprint density at radius 2 is 1.76 bits per heavy atom. The van der Waals surface area contributed by atoms with Crippen molar-refractivity contribution in [2.24, 2.45) is 0 Å². The average molecular weight is 244 g/mol. The van der Waals surface area contributed by atoms with Crippen LogP contribution in [0.1, 0.15) is 52.7 Å². The van der Waals surface area contributed by atoms with Crippen molar-refractivity contribution in [1.82, 2.24) is 0 Å². The Bertz CT molecular complexity index is 288. The molecule has 0 aliphatic carbocycles. The van der Waals surface area contributed by atoms with Crippen molar-refractivity contribution >= 4 is 0 Å². The van der Waals surface area contributed by atoms with E-state index < -0.39 is 11.9 Å². The van der Waals surface area contributed by atoms with E-state index in [1.165, 1.54) is 19.2 Å². The number of methoxy groups -OCH3 is 1. The van der Waals surface area contributed by atoms with Gasteiger partial charge in [-0.1, -0.05) is 40.7 Å². The summed E-state index contributed by atoms with van der Waals surface area (Å²) in [4.78, 5) is 0. The minimum Gasteiger partial charge on any atom is -0.494 e. The molecule has 0 amide bonds. The molecule has 0 saturated heterocycles. The minimum absolute atomic E-state index is 0.201. The predicted octanol–water partition coefficient (Wildman–Crippen LogP) is 4.33. The first kappa shape index (κ1) is 18.3. The maximum Gasteiger partial charge on any atom is 0.165 e. The number of hydrogen-bond donors (Lipinski definition) is 1. The normalized spacial score (nSPS) is 10.4. The van der Waals surface area contributed by atoms with Gasteiger partial charge in [-0.15, -0.1) is 0 Å². The van der Waals surface area contributed by atoms with Crippen LogP contribution in [0, 0.1) is 5.82 Å². The summed E-state index contributed by atoms with van der Waals surface area (Å²) in [7, 11) is 1.41. The summed E-state index contributed by atoms with van der Waals surface area (Å²) >= 11 is 0. The van der Waals surface area contributed by atoms with Crippen LogP contribution in [0.15, 0.2) is 18.2 Å². The fraction of sp³-hybridized carbons (Fsp3) is 0.571. The molecule has 1 atom stereocenters. The minimum atomic E-state index is -0.597. The van der Waals surface area contributed by atoms with E-state index in [2.05, 4.69) is 0 Å². The van der Waals surface area contributed by atoms with Crippen molar-refractivity contribution in [2.75, 3.05) is 7.11 Å². The Labute approximate surface area is 104 Å². The summed E-state index contributed by atoms with van der Waals surface area (Å²) in [6.45, 7) is 9.84. The van der Waals surface area contributed by atoms with Gasteiger partial charge in [0.2, 0.25) is 0 Å². The SMILES string of the molecule is CC.CC.CCC(O)c1ccc(OC)c(F)c1. The third-order valence-electron chi connectivity index (χ3n) is 1.95. The first-order chi connectivity index (χ1) is 8.19. The molecule has 0 aliphatic rings. The van der Waals surface area contributed by atoms with Crippen molar-refractivity contribution in [1.29, 1.82) is 0 Å². The molecule has 17 heavy (non-hydrogen) atoms. The quantitative estimate of drug-likeness (QED) is 0.857. The number of aliphatic hydroxyl groups is 1. The molecule has 1 unspecified atom stereocenters. The lowest BCUT2D eigenvalue weighted by molar-refractivity contribution is 0.173. The van der Waals surface area contributed by atoms with Crippen LogP contribution >= 0.6 is 0 Å². The first-order valence-corrected chi connectivity index (χ1v) is 6.20. The molecule has 0 spiro atoms. The second-order valence-corrected chi connectivity index (χ2v) is 2.82. The first-order valence-electron chi connectivity index (χ1n) is 6.20. The fourth-order valence-corrected chi connectivity index (χ4v) is 1.13. The van der Waals surface area contributed by atoms with Crippen LogP contribution in [0.25, 0.3) is 0 Å². The van der Waals surface area contributed by atoms with Crippen molar-refractivity contribution in [3.63, 3.8) is 0 Å². The molecule has 0 fully saturated rings. The topological polar surface area (TPSA) is 29.5 Å². The van der Waals surface area contributed by atoms with E-state index in [0.717, 1.165) is 0 Å². The van der Waals surface area contributed by atoms with Crippen molar-refractivity contribution < 1.29 is 14.2 Å². The molecule has 0 aliphatic heterocycles. The summed E-state index contributed by atoms with van der Waals surface area (Å²) in [5, 5.41) is 9.41. The van der Waals surface area contributed by atoms with Crippen LogP contribution in [0.4, 0.5) is 4.39 Å². The fourth-order valence-electron chi connectivity index (χ4n) is 1.13.